The molecule has 2 atom stereocenters. The van der Waals surface area contributed by atoms with E-state index in [1.165, 1.54) is 0 Å². The van der Waals surface area contributed by atoms with Gasteiger partial charge >= 0.3 is 0 Å². The molecular weight excluding hydrogens is 522 g/mol. The monoisotopic (exact) mass is 561 g/mol. The lowest BCUT2D eigenvalue weighted by Gasteiger charge is -2.30. The molecule has 1 unspecified atom stereocenters. The fourth-order valence-electron chi connectivity index (χ4n) is 5.77. The fourth-order valence-corrected chi connectivity index (χ4v) is 7.18. The van der Waals surface area contributed by atoms with Crippen molar-refractivity contribution >= 4 is 16.9 Å². The molecule has 8 heteroatoms. The molecule has 1 amide bonds. The van der Waals surface area contributed by atoms with Gasteiger partial charge in [-0.2, -0.15) is 0 Å². The Morgan fingerprint density at radius 2 is 1.77 bits per heavy atom. The Bertz CT molecular complexity index is 1410. The van der Waals surface area contributed by atoms with E-state index in [0.29, 0.717) is 24.4 Å². The lowest BCUT2D eigenvalue weighted by atomic mass is 9.93. The molecule has 1 aromatic heterocycles. The highest BCUT2D eigenvalue weighted by atomic mass is 32.2. The number of fused-ring (bicyclic) bond motifs is 1. The van der Waals surface area contributed by atoms with Crippen LogP contribution in [0.25, 0.3) is 22.4 Å². The zero-order chi connectivity index (χ0) is 28.4. The number of carbonyl (C=O) groups is 1. The zero-order valence-electron chi connectivity index (χ0n) is 23.9. The van der Waals surface area contributed by atoms with Crippen LogP contribution in [-0.4, -0.2) is 61.0 Å². The van der Waals surface area contributed by atoms with Crippen LogP contribution >= 0.6 is 0 Å². The standard InChI is InChI=1S/C32H39N3O4S/c1-32(2,3)40(38)35-21-24-20-26(31(37)34-16-8-5-9-17-34)33-30(29(24)27(35)15-18-36)23-12-10-11-22(19-23)25-13-6-7-14-28(25)39-4/h6-7,10-14,19-20,27,36H,5,8-9,15-18,21H2,1-4H3/t27-,40?/m1/s1. The molecule has 40 heavy (non-hydrogen) atoms. The molecule has 0 saturated carbocycles. The van der Waals surface area contributed by atoms with Gasteiger partial charge in [0.2, 0.25) is 0 Å². The number of para-hydroxylation sites is 1. The lowest BCUT2D eigenvalue weighted by molar-refractivity contribution is 0.0718. The summed E-state index contributed by atoms with van der Waals surface area (Å²) in [6.45, 7) is 7.76. The minimum atomic E-state index is -1.31. The molecule has 2 aromatic carbocycles. The minimum Gasteiger partial charge on any atom is -0.496 e. The van der Waals surface area contributed by atoms with E-state index in [1.54, 1.807) is 7.11 Å². The summed E-state index contributed by atoms with van der Waals surface area (Å²) in [5.41, 5.74) is 5.84. The number of rotatable bonds is 7. The number of ether oxygens (including phenoxy) is 1. The number of carbonyl (C=O) groups excluding carboxylic acids is 1. The summed E-state index contributed by atoms with van der Waals surface area (Å²) in [7, 11) is 0.350. The molecule has 0 bridgehead atoms. The number of amides is 1. The van der Waals surface area contributed by atoms with Gasteiger partial charge in [0.15, 0.2) is 0 Å². The quantitative estimate of drug-likeness (QED) is 0.397. The highest BCUT2D eigenvalue weighted by Crippen LogP contribution is 2.44. The van der Waals surface area contributed by atoms with Gasteiger partial charge in [-0.3, -0.25) is 4.79 Å². The smallest absolute Gasteiger partial charge is 0.272 e. The number of likely N-dealkylation sites (tertiary alicyclic amines) is 1. The number of nitrogens with zero attached hydrogens (tertiary/aromatic N) is 3. The minimum absolute atomic E-state index is 0.0445. The Morgan fingerprint density at radius 3 is 2.48 bits per heavy atom. The summed E-state index contributed by atoms with van der Waals surface area (Å²) < 4.78 is 20.8. The maximum atomic E-state index is 13.7. The molecule has 212 valence electrons. The Labute approximate surface area is 239 Å². The number of benzene rings is 2. The molecule has 5 rings (SSSR count). The van der Waals surface area contributed by atoms with Crippen LogP contribution in [0.15, 0.2) is 54.6 Å². The Kier molecular flexibility index (Phi) is 8.40. The molecule has 2 aliphatic rings. The van der Waals surface area contributed by atoms with Crippen LogP contribution in [0, 0.1) is 0 Å². The number of hydrogen-bond donors (Lipinski definition) is 1. The summed E-state index contributed by atoms with van der Waals surface area (Å²) in [6, 6.07) is 17.6. The van der Waals surface area contributed by atoms with Crippen molar-refractivity contribution in [2.24, 2.45) is 0 Å². The van der Waals surface area contributed by atoms with Crippen molar-refractivity contribution < 1.29 is 18.8 Å². The highest BCUT2D eigenvalue weighted by Gasteiger charge is 2.40. The third-order valence-electron chi connectivity index (χ3n) is 7.71. The van der Waals surface area contributed by atoms with E-state index in [-0.39, 0.29) is 18.6 Å². The van der Waals surface area contributed by atoms with Crippen LogP contribution in [0.1, 0.15) is 74.1 Å². The first-order valence-electron chi connectivity index (χ1n) is 14.1. The summed E-state index contributed by atoms with van der Waals surface area (Å²) >= 11 is 0. The van der Waals surface area contributed by atoms with Gasteiger partial charge in [0, 0.05) is 42.9 Å². The summed E-state index contributed by atoms with van der Waals surface area (Å²) in [6.07, 6.45) is 3.57. The molecule has 0 radical (unpaired) electrons. The molecule has 2 aliphatic heterocycles. The van der Waals surface area contributed by atoms with E-state index in [4.69, 9.17) is 9.72 Å². The Hall–Kier alpha value is -3.07. The number of methoxy groups -OCH3 is 1. The van der Waals surface area contributed by atoms with Gasteiger partial charge in [0.05, 0.1) is 23.6 Å². The highest BCUT2D eigenvalue weighted by molar-refractivity contribution is 7.84. The zero-order valence-corrected chi connectivity index (χ0v) is 24.7. The number of aliphatic hydroxyl groups is 1. The SMILES string of the molecule is COc1ccccc1-c1cccc(-c2nc(C(=O)N3CCCCC3)cc3c2[C@@H](CCO)N(S(=O)C(C)(C)C)C3)c1. The van der Waals surface area contributed by atoms with E-state index in [0.717, 1.165) is 65.9 Å². The van der Waals surface area contributed by atoms with Crippen molar-refractivity contribution in [3.63, 3.8) is 0 Å². The molecule has 7 nitrogen and oxygen atoms in total. The molecule has 1 saturated heterocycles. The van der Waals surface area contributed by atoms with Crippen molar-refractivity contribution in [1.82, 2.24) is 14.2 Å². The van der Waals surface area contributed by atoms with Gasteiger partial charge < -0.3 is 14.7 Å². The van der Waals surface area contributed by atoms with Crippen molar-refractivity contribution in [2.75, 3.05) is 26.8 Å². The maximum absolute atomic E-state index is 13.7. The first-order valence-corrected chi connectivity index (χ1v) is 15.2. The van der Waals surface area contributed by atoms with E-state index < -0.39 is 15.7 Å². The third kappa shape index (κ3) is 5.57. The lowest BCUT2D eigenvalue weighted by Crippen LogP contribution is -2.36. The van der Waals surface area contributed by atoms with Crippen molar-refractivity contribution in [2.45, 2.75) is 63.8 Å². The van der Waals surface area contributed by atoms with Gasteiger partial charge in [0.25, 0.3) is 5.91 Å². The van der Waals surface area contributed by atoms with Gasteiger partial charge in [-0.25, -0.2) is 13.5 Å². The maximum Gasteiger partial charge on any atom is 0.272 e. The largest absolute Gasteiger partial charge is 0.496 e. The van der Waals surface area contributed by atoms with E-state index in [9.17, 15) is 14.1 Å². The van der Waals surface area contributed by atoms with E-state index >= 15 is 0 Å². The van der Waals surface area contributed by atoms with Crippen molar-refractivity contribution in [3.05, 3.63) is 71.4 Å². The van der Waals surface area contributed by atoms with Crippen LogP contribution < -0.4 is 4.74 Å². The van der Waals surface area contributed by atoms with Gasteiger partial charge in [0.1, 0.15) is 22.4 Å². The molecular formula is C32H39N3O4S. The van der Waals surface area contributed by atoms with Crippen LogP contribution in [-0.2, 0) is 17.5 Å². The number of aliphatic hydroxyl groups excluding tert-OH is 1. The van der Waals surface area contributed by atoms with Crippen molar-refractivity contribution in [1.29, 1.82) is 0 Å². The Balaban J connectivity index is 1.67. The summed E-state index contributed by atoms with van der Waals surface area (Å²) in [4.78, 5) is 20.6. The predicted octanol–water partition coefficient (Wildman–Crippen LogP) is 5.75. The van der Waals surface area contributed by atoms with Gasteiger partial charge in [-0.05, 0) is 75.8 Å². The van der Waals surface area contributed by atoms with Gasteiger partial charge in [-0.1, -0.05) is 36.4 Å². The molecule has 1 fully saturated rings. The fraction of sp³-hybridized carbons (Fsp3) is 0.438. The number of piperidine rings is 1. The average Bonchev–Trinajstić information content (AvgIpc) is 3.34. The van der Waals surface area contributed by atoms with Crippen LogP contribution in [0.5, 0.6) is 5.75 Å². The van der Waals surface area contributed by atoms with Gasteiger partial charge in [-0.15, -0.1) is 0 Å². The molecule has 3 heterocycles. The van der Waals surface area contributed by atoms with E-state index in [2.05, 4.69) is 6.07 Å². The molecule has 0 aliphatic carbocycles. The number of aromatic nitrogens is 1. The number of pyridine rings is 1. The van der Waals surface area contributed by atoms with E-state index in [1.807, 2.05) is 78.5 Å². The molecule has 3 aromatic rings. The second-order valence-corrected chi connectivity index (χ2v) is 13.7. The first-order chi connectivity index (χ1) is 19.2. The van der Waals surface area contributed by atoms with Crippen molar-refractivity contribution in [3.8, 4) is 28.1 Å². The molecule has 0 spiro atoms. The number of hydrogen-bond acceptors (Lipinski definition) is 5. The topological polar surface area (TPSA) is 83.0 Å². The second kappa shape index (κ2) is 11.8. The Morgan fingerprint density at radius 1 is 1.05 bits per heavy atom. The summed E-state index contributed by atoms with van der Waals surface area (Å²) in [5, 5.41) is 10.1. The van der Waals surface area contributed by atoms with Crippen LogP contribution in [0.2, 0.25) is 0 Å². The third-order valence-corrected chi connectivity index (χ3v) is 9.56. The average molecular weight is 562 g/mol. The summed E-state index contributed by atoms with van der Waals surface area (Å²) in [5.74, 6) is 0.718. The first kappa shape index (κ1) is 28.5. The van der Waals surface area contributed by atoms with Crippen LogP contribution in [0.4, 0.5) is 0 Å². The molecule has 1 N–H and O–H groups in total. The normalized spacial score (nSPS) is 18.4. The van der Waals surface area contributed by atoms with Crippen LogP contribution in [0.3, 0.4) is 0 Å². The second-order valence-electron chi connectivity index (χ2n) is 11.5. The predicted molar refractivity (Wildman–Crippen MR) is 159 cm³/mol.